The van der Waals surface area contributed by atoms with Crippen LogP contribution < -0.4 is 4.74 Å². The summed E-state index contributed by atoms with van der Waals surface area (Å²) >= 11 is 1.60. The molecule has 2 heterocycles. The Bertz CT molecular complexity index is 267. The molecule has 0 amide bonds. The molecule has 0 fully saturated rings. The van der Waals surface area contributed by atoms with E-state index in [4.69, 9.17) is 4.74 Å². The fourth-order valence-corrected chi connectivity index (χ4v) is 1.24. The van der Waals surface area contributed by atoms with Gasteiger partial charge in [0.2, 0.25) is 0 Å². The third-order valence-electron chi connectivity index (χ3n) is 1.26. The molecule has 0 aliphatic rings. The summed E-state index contributed by atoms with van der Waals surface area (Å²) in [6, 6.07) is 9.61. The maximum absolute atomic E-state index is 4.87. The smallest absolute Gasteiger partial charge is 0.173 e. The fourth-order valence-electron chi connectivity index (χ4n) is 0.692. The van der Waals surface area contributed by atoms with Crippen LogP contribution in [0.3, 0.4) is 0 Å². The van der Waals surface area contributed by atoms with E-state index in [1.165, 1.54) is 0 Å². The second kappa shape index (κ2) is 6.20. The quantitative estimate of drug-likeness (QED) is 0.694. The van der Waals surface area contributed by atoms with Crippen molar-refractivity contribution in [2.24, 2.45) is 0 Å². The number of pyridine rings is 1. The van der Waals surface area contributed by atoms with Crippen LogP contribution in [0.4, 0.5) is 0 Å². The zero-order valence-corrected chi connectivity index (χ0v) is 8.20. The van der Waals surface area contributed by atoms with Gasteiger partial charge < -0.3 is 4.74 Å². The summed E-state index contributed by atoms with van der Waals surface area (Å²) in [7, 11) is 1.67. The van der Waals surface area contributed by atoms with E-state index in [9.17, 15) is 0 Å². The number of hydrogen-bond donors (Lipinski definition) is 0. The Labute approximate surface area is 81.8 Å². The Balaban J connectivity index is 0.000000132. The third kappa shape index (κ3) is 4.28. The third-order valence-corrected chi connectivity index (χ3v) is 2.09. The summed E-state index contributed by atoms with van der Waals surface area (Å²) in [5.74, 6) is 0. The predicted octanol–water partition coefficient (Wildman–Crippen LogP) is 2.84. The highest BCUT2D eigenvalue weighted by Crippen LogP contribution is 2.16. The van der Waals surface area contributed by atoms with E-state index in [0.717, 1.165) is 5.06 Å². The van der Waals surface area contributed by atoms with E-state index >= 15 is 0 Å². The average molecular weight is 193 g/mol. The lowest BCUT2D eigenvalue weighted by Crippen LogP contribution is -1.72. The molecular weight excluding hydrogens is 182 g/mol. The molecule has 0 aliphatic carbocycles. The number of ether oxygens (including phenoxy) is 1. The van der Waals surface area contributed by atoms with Gasteiger partial charge in [0.15, 0.2) is 5.06 Å². The monoisotopic (exact) mass is 193 g/mol. The molecule has 0 radical (unpaired) electrons. The second-order valence-electron chi connectivity index (χ2n) is 2.16. The molecular formula is C10H11NOS. The van der Waals surface area contributed by atoms with Gasteiger partial charge in [0.25, 0.3) is 0 Å². The van der Waals surface area contributed by atoms with Crippen LogP contribution in [0.2, 0.25) is 0 Å². The molecule has 3 heteroatoms. The number of nitrogens with zero attached hydrogens (tertiary/aromatic N) is 1. The summed E-state index contributed by atoms with van der Waals surface area (Å²) in [4.78, 5) is 3.78. The van der Waals surface area contributed by atoms with Crippen LogP contribution in [-0.4, -0.2) is 12.1 Å². The highest BCUT2D eigenvalue weighted by atomic mass is 32.1. The van der Waals surface area contributed by atoms with Gasteiger partial charge in [-0.15, -0.1) is 11.3 Å². The van der Waals surface area contributed by atoms with Crippen LogP contribution in [0.15, 0.2) is 48.1 Å². The van der Waals surface area contributed by atoms with Crippen molar-refractivity contribution in [2.45, 2.75) is 0 Å². The molecule has 0 N–H and O–H groups in total. The normalized spacial score (nSPS) is 8.38. The zero-order valence-electron chi connectivity index (χ0n) is 7.38. The zero-order chi connectivity index (χ0) is 9.36. The summed E-state index contributed by atoms with van der Waals surface area (Å²) < 4.78 is 4.87. The van der Waals surface area contributed by atoms with E-state index in [0.29, 0.717) is 0 Å². The molecule has 0 spiro atoms. The lowest BCUT2D eigenvalue weighted by atomic mass is 10.5. The molecule has 0 aliphatic heterocycles. The predicted molar refractivity (Wildman–Crippen MR) is 55.1 cm³/mol. The van der Waals surface area contributed by atoms with Crippen molar-refractivity contribution >= 4 is 11.3 Å². The second-order valence-corrected chi connectivity index (χ2v) is 3.07. The summed E-state index contributed by atoms with van der Waals surface area (Å²) in [5.41, 5.74) is 0. The Morgan fingerprint density at radius 2 is 1.92 bits per heavy atom. The van der Waals surface area contributed by atoms with Crippen LogP contribution >= 0.6 is 11.3 Å². The van der Waals surface area contributed by atoms with Gasteiger partial charge in [0.05, 0.1) is 7.11 Å². The summed E-state index contributed by atoms with van der Waals surface area (Å²) in [6.07, 6.45) is 3.50. The Hall–Kier alpha value is -1.35. The number of aromatic nitrogens is 1. The van der Waals surface area contributed by atoms with Gasteiger partial charge in [-0.25, -0.2) is 0 Å². The topological polar surface area (TPSA) is 22.1 Å². The molecule has 13 heavy (non-hydrogen) atoms. The first-order chi connectivity index (χ1) is 6.43. The minimum absolute atomic E-state index is 0.972. The van der Waals surface area contributed by atoms with Crippen molar-refractivity contribution in [3.05, 3.63) is 48.1 Å². The molecule has 0 saturated carbocycles. The van der Waals surface area contributed by atoms with E-state index in [2.05, 4.69) is 4.98 Å². The molecule has 0 unspecified atom stereocenters. The van der Waals surface area contributed by atoms with E-state index in [-0.39, 0.29) is 0 Å². The van der Waals surface area contributed by atoms with Crippen molar-refractivity contribution in [2.75, 3.05) is 7.11 Å². The average Bonchev–Trinajstić information content (AvgIpc) is 2.74. The SMILES string of the molecule is COc1cccs1.c1ccncc1. The van der Waals surface area contributed by atoms with Gasteiger partial charge in [-0.3, -0.25) is 4.98 Å². The minimum Gasteiger partial charge on any atom is -0.487 e. The standard InChI is InChI=1S/C5H5N.C5H6OS/c1-2-4-6-5-3-1;1-6-5-3-2-4-7-5/h1-5H;2-4H,1H3. The van der Waals surface area contributed by atoms with Crippen molar-refractivity contribution in [1.29, 1.82) is 0 Å². The van der Waals surface area contributed by atoms with Crippen LogP contribution in [-0.2, 0) is 0 Å². The largest absolute Gasteiger partial charge is 0.487 e. The number of methoxy groups -OCH3 is 1. The van der Waals surface area contributed by atoms with Crippen LogP contribution in [0, 0.1) is 0 Å². The molecule has 0 saturated heterocycles. The number of rotatable bonds is 1. The molecule has 2 aromatic rings. The van der Waals surface area contributed by atoms with Crippen molar-refractivity contribution in [1.82, 2.24) is 4.98 Å². The van der Waals surface area contributed by atoms with E-state index < -0.39 is 0 Å². The first-order valence-corrected chi connectivity index (χ1v) is 4.74. The van der Waals surface area contributed by atoms with Crippen LogP contribution in [0.1, 0.15) is 0 Å². The van der Waals surface area contributed by atoms with Crippen LogP contribution in [0.5, 0.6) is 5.06 Å². The highest BCUT2D eigenvalue weighted by Gasteiger charge is 1.83. The van der Waals surface area contributed by atoms with Gasteiger partial charge in [-0.2, -0.15) is 0 Å². The molecule has 2 rings (SSSR count). The lowest BCUT2D eigenvalue weighted by molar-refractivity contribution is 0.427. The highest BCUT2D eigenvalue weighted by molar-refractivity contribution is 7.11. The van der Waals surface area contributed by atoms with E-state index in [1.54, 1.807) is 30.8 Å². The fraction of sp³-hybridized carbons (Fsp3) is 0.100. The first kappa shape index (κ1) is 9.74. The molecule has 0 atom stereocenters. The Kier molecular flexibility index (Phi) is 4.64. The minimum atomic E-state index is 0.972. The van der Waals surface area contributed by atoms with Gasteiger partial charge >= 0.3 is 0 Å². The van der Waals surface area contributed by atoms with Gasteiger partial charge in [0.1, 0.15) is 0 Å². The van der Waals surface area contributed by atoms with Crippen LogP contribution in [0.25, 0.3) is 0 Å². The maximum atomic E-state index is 4.87. The first-order valence-electron chi connectivity index (χ1n) is 3.86. The van der Waals surface area contributed by atoms with E-state index in [1.807, 2.05) is 35.7 Å². The Morgan fingerprint density at radius 3 is 2.15 bits per heavy atom. The van der Waals surface area contributed by atoms with Gasteiger partial charge in [-0.1, -0.05) is 6.07 Å². The summed E-state index contributed by atoms with van der Waals surface area (Å²) in [5, 5.41) is 2.96. The lowest BCUT2D eigenvalue weighted by Gasteiger charge is -1.86. The number of thiophene rings is 1. The molecule has 68 valence electrons. The van der Waals surface area contributed by atoms with Crippen molar-refractivity contribution in [3.8, 4) is 5.06 Å². The van der Waals surface area contributed by atoms with Gasteiger partial charge in [0, 0.05) is 12.4 Å². The van der Waals surface area contributed by atoms with Crippen molar-refractivity contribution in [3.63, 3.8) is 0 Å². The molecule has 0 bridgehead atoms. The molecule has 0 aromatic carbocycles. The molecule has 2 aromatic heterocycles. The maximum Gasteiger partial charge on any atom is 0.173 e. The van der Waals surface area contributed by atoms with Crippen molar-refractivity contribution < 1.29 is 4.74 Å². The Morgan fingerprint density at radius 1 is 1.15 bits per heavy atom. The van der Waals surface area contributed by atoms with Gasteiger partial charge in [-0.05, 0) is 29.6 Å². The molecule has 2 nitrogen and oxygen atoms in total. The summed E-state index contributed by atoms with van der Waals surface area (Å²) in [6.45, 7) is 0. The number of hydrogen-bond acceptors (Lipinski definition) is 3.